The third kappa shape index (κ3) is 4.00. The Bertz CT molecular complexity index is 1030. The molecular weight excluding hydrogens is 374 g/mol. The molecule has 0 spiro atoms. The van der Waals surface area contributed by atoms with Crippen LogP contribution in [-0.4, -0.2) is 26.8 Å². The fourth-order valence-corrected chi connectivity index (χ4v) is 3.81. The predicted octanol–water partition coefficient (Wildman–Crippen LogP) is 4.89. The molecule has 0 unspecified atom stereocenters. The molecule has 1 heterocycles. The Morgan fingerprint density at radius 1 is 1.11 bits per heavy atom. The molecule has 0 aliphatic heterocycles. The number of esters is 1. The van der Waals surface area contributed by atoms with E-state index in [1.165, 1.54) is 0 Å². The van der Waals surface area contributed by atoms with Crippen LogP contribution in [0.1, 0.15) is 22.9 Å². The summed E-state index contributed by atoms with van der Waals surface area (Å²) in [5.74, 6) is 0.908. The highest BCUT2D eigenvalue weighted by Gasteiger charge is 2.15. The number of nitriles is 1. The van der Waals surface area contributed by atoms with Gasteiger partial charge in [0.15, 0.2) is 11.5 Å². The summed E-state index contributed by atoms with van der Waals surface area (Å²) in [5.41, 5.74) is 1.68. The number of benzene rings is 2. The monoisotopic (exact) mass is 393 g/mol. The molecule has 0 amide bonds. The number of methoxy groups -OCH3 is 2. The maximum atomic E-state index is 12.5. The largest absolute Gasteiger partial charge is 0.493 e. The van der Waals surface area contributed by atoms with E-state index in [-0.39, 0.29) is 6.61 Å². The van der Waals surface area contributed by atoms with Gasteiger partial charge in [-0.2, -0.15) is 5.26 Å². The lowest BCUT2D eigenvalue weighted by molar-refractivity contribution is -0.136. The first-order chi connectivity index (χ1) is 13.6. The molecule has 0 radical (unpaired) electrons. The second kappa shape index (κ2) is 8.59. The lowest BCUT2D eigenvalue weighted by atomic mass is 10.0. The first-order valence-electron chi connectivity index (χ1n) is 8.64. The molecule has 0 atom stereocenters. The quantitative estimate of drug-likeness (QED) is 0.440. The minimum absolute atomic E-state index is 0.285. The number of carbonyl (C=O) groups excluding carboxylic acids is 1. The SMILES string of the molecule is CCOC(=O)C(=Cc1cc2cc(OC)c(OC)cc2s1)c1ccc(C#N)cc1. The van der Waals surface area contributed by atoms with E-state index in [1.807, 2.05) is 24.3 Å². The van der Waals surface area contributed by atoms with E-state index in [1.54, 1.807) is 56.7 Å². The van der Waals surface area contributed by atoms with Crippen molar-refractivity contribution in [1.29, 1.82) is 5.26 Å². The second-order valence-corrected chi connectivity index (χ2v) is 6.98. The average molecular weight is 393 g/mol. The Balaban J connectivity index is 2.08. The zero-order valence-electron chi connectivity index (χ0n) is 15.8. The Labute approximate surface area is 167 Å². The number of thiophene rings is 1. The van der Waals surface area contributed by atoms with Crippen LogP contribution in [0.15, 0.2) is 42.5 Å². The zero-order chi connectivity index (χ0) is 20.1. The fourth-order valence-electron chi connectivity index (χ4n) is 2.79. The van der Waals surface area contributed by atoms with Gasteiger partial charge in [0, 0.05) is 15.6 Å². The van der Waals surface area contributed by atoms with Crippen LogP contribution in [-0.2, 0) is 9.53 Å². The van der Waals surface area contributed by atoms with Gasteiger partial charge in [-0.15, -0.1) is 11.3 Å². The zero-order valence-corrected chi connectivity index (χ0v) is 16.6. The third-order valence-corrected chi connectivity index (χ3v) is 5.19. The standard InChI is InChI=1S/C22H19NO4S/c1-4-27-22(24)18(15-7-5-14(13-23)6-8-15)11-17-9-16-10-19(25-2)20(26-3)12-21(16)28-17/h5-12H,4H2,1-3H3. The van der Waals surface area contributed by atoms with Gasteiger partial charge in [-0.3, -0.25) is 0 Å². The number of hydrogen-bond acceptors (Lipinski definition) is 6. The van der Waals surface area contributed by atoms with E-state index < -0.39 is 5.97 Å². The highest BCUT2D eigenvalue weighted by molar-refractivity contribution is 7.20. The number of fused-ring (bicyclic) bond motifs is 1. The maximum absolute atomic E-state index is 12.5. The van der Waals surface area contributed by atoms with Crippen LogP contribution in [0.4, 0.5) is 0 Å². The molecule has 3 aromatic rings. The predicted molar refractivity (Wildman–Crippen MR) is 111 cm³/mol. The van der Waals surface area contributed by atoms with Crippen molar-refractivity contribution in [3.05, 3.63) is 58.5 Å². The molecule has 0 N–H and O–H groups in total. The summed E-state index contributed by atoms with van der Waals surface area (Å²) in [6.07, 6.45) is 1.81. The number of rotatable bonds is 6. The molecule has 3 rings (SSSR count). The van der Waals surface area contributed by atoms with Crippen LogP contribution < -0.4 is 9.47 Å². The highest BCUT2D eigenvalue weighted by Crippen LogP contribution is 2.37. The van der Waals surface area contributed by atoms with Gasteiger partial charge in [0.1, 0.15) is 0 Å². The van der Waals surface area contributed by atoms with Gasteiger partial charge in [0.2, 0.25) is 0 Å². The Morgan fingerprint density at radius 2 is 1.79 bits per heavy atom. The van der Waals surface area contributed by atoms with E-state index in [4.69, 9.17) is 19.5 Å². The molecular formula is C22H19NO4S. The van der Waals surface area contributed by atoms with Gasteiger partial charge in [-0.05, 0) is 48.2 Å². The van der Waals surface area contributed by atoms with Crippen molar-refractivity contribution in [3.63, 3.8) is 0 Å². The summed E-state index contributed by atoms with van der Waals surface area (Å²) in [4.78, 5) is 13.4. The number of hydrogen-bond donors (Lipinski definition) is 0. The highest BCUT2D eigenvalue weighted by atomic mass is 32.1. The van der Waals surface area contributed by atoms with Crippen molar-refractivity contribution in [1.82, 2.24) is 0 Å². The molecule has 1 aromatic heterocycles. The molecule has 142 valence electrons. The van der Waals surface area contributed by atoms with Crippen LogP contribution in [0.25, 0.3) is 21.7 Å². The van der Waals surface area contributed by atoms with Crippen LogP contribution >= 0.6 is 11.3 Å². The molecule has 0 fully saturated rings. The molecule has 0 bridgehead atoms. The third-order valence-electron chi connectivity index (χ3n) is 4.15. The molecule has 0 saturated heterocycles. The van der Waals surface area contributed by atoms with Crippen molar-refractivity contribution >= 4 is 39.0 Å². The number of ether oxygens (including phenoxy) is 3. The summed E-state index contributed by atoms with van der Waals surface area (Å²) in [7, 11) is 3.20. The van der Waals surface area contributed by atoms with E-state index in [2.05, 4.69) is 6.07 Å². The molecule has 28 heavy (non-hydrogen) atoms. The van der Waals surface area contributed by atoms with Crippen molar-refractivity contribution in [3.8, 4) is 17.6 Å². The lowest BCUT2D eigenvalue weighted by Gasteiger charge is -2.07. The number of carbonyl (C=O) groups is 1. The minimum atomic E-state index is -0.403. The summed E-state index contributed by atoms with van der Waals surface area (Å²) < 4.78 is 17.0. The van der Waals surface area contributed by atoms with Gasteiger partial charge < -0.3 is 14.2 Å². The van der Waals surface area contributed by atoms with Crippen LogP contribution in [0.2, 0.25) is 0 Å². The Hall–Kier alpha value is -3.30. The van der Waals surface area contributed by atoms with Gasteiger partial charge in [0.05, 0.1) is 38.0 Å². The molecule has 0 saturated carbocycles. The van der Waals surface area contributed by atoms with Crippen LogP contribution in [0.3, 0.4) is 0 Å². The molecule has 5 nitrogen and oxygen atoms in total. The molecule has 2 aromatic carbocycles. The van der Waals surface area contributed by atoms with Gasteiger partial charge >= 0.3 is 5.97 Å². The van der Waals surface area contributed by atoms with E-state index in [0.29, 0.717) is 28.2 Å². The maximum Gasteiger partial charge on any atom is 0.338 e. The minimum Gasteiger partial charge on any atom is -0.493 e. The van der Waals surface area contributed by atoms with Crippen LogP contribution in [0, 0.1) is 11.3 Å². The van der Waals surface area contributed by atoms with Crippen LogP contribution in [0.5, 0.6) is 11.5 Å². The van der Waals surface area contributed by atoms with E-state index in [9.17, 15) is 4.79 Å². The summed E-state index contributed by atoms with van der Waals surface area (Å²) in [5, 5.41) is 9.98. The van der Waals surface area contributed by atoms with E-state index >= 15 is 0 Å². The summed E-state index contributed by atoms with van der Waals surface area (Å²) in [6.45, 7) is 2.06. The van der Waals surface area contributed by atoms with Crippen molar-refractivity contribution in [2.45, 2.75) is 6.92 Å². The molecule has 6 heteroatoms. The topological polar surface area (TPSA) is 68.6 Å². The van der Waals surface area contributed by atoms with Gasteiger partial charge in [0.25, 0.3) is 0 Å². The molecule has 0 aliphatic carbocycles. The normalized spacial score (nSPS) is 11.1. The first-order valence-corrected chi connectivity index (χ1v) is 9.46. The van der Waals surface area contributed by atoms with Crippen molar-refractivity contribution in [2.75, 3.05) is 20.8 Å². The van der Waals surface area contributed by atoms with Gasteiger partial charge in [-0.25, -0.2) is 4.79 Å². The van der Waals surface area contributed by atoms with E-state index in [0.717, 1.165) is 15.0 Å². The Kier molecular flexibility index (Phi) is 5.97. The lowest BCUT2D eigenvalue weighted by Crippen LogP contribution is -2.06. The number of nitrogens with zero attached hydrogens (tertiary/aromatic N) is 1. The van der Waals surface area contributed by atoms with Crippen molar-refractivity contribution in [2.24, 2.45) is 0 Å². The second-order valence-electron chi connectivity index (χ2n) is 5.86. The van der Waals surface area contributed by atoms with Crippen molar-refractivity contribution < 1.29 is 19.0 Å². The van der Waals surface area contributed by atoms with Gasteiger partial charge in [-0.1, -0.05) is 12.1 Å². The fraction of sp³-hybridized carbons (Fsp3) is 0.182. The smallest absolute Gasteiger partial charge is 0.338 e. The Morgan fingerprint density at radius 3 is 2.39 bits per heavy atom. The summed E-state index contributed by atoms with van der Waals surface area (Å²) in [6, 6.07) is 14.8. The average Bonchev–Trinajstić information content (AvgIpc) is 3.12. The first kappa shape index (κ1) is 19.5. The molecule has 0 aliphatic rings. The summed E-state index contributed by atoms with van der Waals surface area (Å²) >= 11 is 1.54.